The number of benzene rings is 1. The lowest BCUT2D eigenvalue weighted by Crippen LogP contribution is -2.05. The van der Waals surface area contributed by atoms with Crippen LogP contribution in [-0.2, 0) is 6.42 Å². The molecule has 0 fully saturated rings. The normalized spacial score (nSPS) is 10.2. The van der Waals surface area contributed by atoms with Crippen molar-refractivity contribution in [3.63, 3.8) is 0 Å². The van der Waals surface area contributed by atoms with Gasteiger partial charge in [-0.2, -0.15) is 0 Å². The molecule has 0 aliphatic rings. The largest absolute Gasteiger partial charge is 0.478 e. The van der Waals surface area contributed by atoms with Crippen molar-refractivity contribution in [2.24, 2.45) is 0 Å². The molecule has 0 heterocycles. The number of aromatic carboxylic acids is 1. The highest BCUT2D eigenvalue weighted by Gasteiger charge is 2.16. The van der Waals surface area contributed by atoms with Crippen molar-refractivity contribution in [3.8, 4) is 0 Å². The average molecular weight is 279 g/mol. The van der Waals surface area contributed by atoms with E-state index in [0.717, 1.165) is 5.56 Å². The Labute approximate surface area is 95.0 Å². The molecule has 0 amide bonds. The van der Waals surface area contributed by atoms with E-state index < -0.39 is 5.97 Å². The molecule has 0 aromatic heterocycles. The van der Waals surface area contributed by atoms with Crippen LogP contribution >= 0.6 is 27.5 Å². The van der Waals surface area contributed by atoms with E-state index in [0.29, 0.717) is 15.9 Å². The molecule has 0 saturated heterocycles. The molecular formula is C9H9BrClNO2. The Bertz CT molecular complexity index is 393. The fourth-order valence-corrected chi connectivity index (χ4v) is 2.34. The van der Waals surface area contributed by atoms with Crippen LogP contribution in [0.2, 0.25) is 5.02 Å². The van der Waals surface area contributed by atoms with Crippen LogP contribution in [0.25, 0.3) is 0 Å². The maximum atomic E-state index is 10.8. The molecule has 0 aliphatic carbocycles. The van der Waals surface area contributed by atoms with E-state index in [2.05, 4.69) is 15.9 Å². The van der Waals surface area contributed by atoms with E-state index in [1.165, 1.54) is 6.07 Å². The van der Waals surface area contributed by atoms with Gasteiger partial charge in [0.2, 0.25) is 0 Å². The van der Waals surface area contributed by atoms with Crippen LogP contribution in [0.1, 0.15) is 22.8 Å². The maximum absolute atomic E-state index is 10.8. The van der Waals surface area contributed by atoms with Crippen LogP contribution in [0.4, 0.5) is 5.69 Å². The van der Waals surface area contributed by atoms with Crippen molar-refractivity contribution in [2.45, 2.75) is 13.3 Å². The number of carboxylic acids is 1. The lowest BCUT2D eigenvalue weighted by molar-refractivity contribution is 0.0698. The summed E-state index contributed by atoms with van der Waals surface area (Å²) in [4.78, 5) is 10.8. The van der Waals surface area contributed by atoms with Gasteiger partial charge in [-0.15, -0.1) is 0 Å². The summed E-state index contributed by atoms with van der Waals surface area (Å²) in [5, 5.41) is 9.14. The molecule has 14 heavy (non-hydrogen) atoms. The average Bonchev–Trinajstić information content (AvgIpc) is 2.12. The molecule has 1 aromatic rings. The van der Waals surface area contributed by atoms with Gasteiger partial charge in [0.15, 0.2) is 0 Å². The SMILES string of the molecule is CCc1c(Br)cc(C(=O)O)c(N)c1Cl. The lowest BCUT2D eigenvalue weighted by Gasteiger charge is -2.10. The third-order valence-corrected chi connectivity index (χ3v) is 3.07. The molecule has 0 aliphatic heterocycles. The van der Waals surface area contributed by atoms with E-state index in [1.54, 1.807) is 0 Å². The van der Waals surface area contributed by atoms with Crippen molar-refractivity contribution in [3.05, 3.63) is 26.7 Å². The van der Waals surface area contributed by atoms with Crippen molar-refractivity contribution in [1.82, 2.24) is 0 Å². The molecule has 0 saturated carbocycles. The fourth-order valence-electron chi connectivity index (χ4n) is 1.18. The van der Waals surface area contributed by atoms with E-state index in [-0.39, 0.29) is 11.3 Å². The summed E-state index contributed by atoms with van der Waals surface area (Å²) in [6.07, 6.45) is 0.698. The van der Waals surface area contributed by atoms with E-state index >= 15 is 0 Å². The number of hydrogen-bond acceptors (Lipinski definition) is 2. The molecule has 3 nitrogen and oxygen atoms in total. The van der Waals surface area contributed by atoms with Gasteiger partial charge in [-0.25, -0.2) is 4.79 Å². The van der Waals surface area contributed by atoms with Gasteiger partial charge in [-0.05, 0) is 18.1 Å². The number of anilines is 1. The van der Waals surface area contributed by atoms with Crippen LogP contribution in [-0.4, -0.2) is 11.1 Å². The fraction of sp³-hybridized carbons (Fsp3) is 0.222. The maximum Gasteiger partial charge on any atom is 0.337 e. The van der Waals surface area contributed by atoms with Gasteiger partial charge in [-0.1, -0.05) is 34.5 Å². The number of halogens is 2. The Morgan fingerprint density at radius 3 is 2.71 bits per heavy atom. The number of nitrogens with two attached hydrogens (primary N) is 1. The van der Waals surface area contributed by atoms with Crippen LogP contribution < -0.4 is 5.73 Å². The zero-order chi connectivity index (χ0) is 10.9. The third-order valence-electron chi connectivity index (χ3n) is 1.93. The number of nitrogen functional groups attached to an aromatic ring is 1. The second-order valence-corrected chi connectivity index (χ2v) is 4.00. The molecular weight excluding hydrogens is 269 g/mol. The Balaban J connectivity index is 3.47. The van der Waals surface area contributed by atoms with Crippen LogP contribution in [0.15, 0.2) is 10.5 Å². The molecule has 3 N–H and O–H groups in total. The summed E-state index contributed by atoms with van der Waals surface area (Å²) in [5.41, 5.74) is 6.57. The van der Waals surface area contributed by atoms with Crippen molar-refractivity contribution >= 4 is 39.2 Å². The third kappa shape index (κ3) is 1.86. The van der Waals surface area contributed by atoms with Gasteiger partial charge in [0.05, 0.1) is 16.3 Å². The van der Waals surface area contributed by atoms with Gasteiger partial charge < -0.3 is 10.8 Å². The minimum absolute atomic E-state index is 0.0269. The summed E-state index contributed by atoms with van der Waals surface area (Å²) in [7, 11) is 0. The first-order valence-electron chi connectivity index (χ1n) is 3.98. The van der Waals surface area contributed by atoms with Crippen molar-refractivity contribution in [1.29, 1.82) is 0 Å². The summed E-state index contributed by atoms with van der Waals surface area (Å²) in [6, 6.07) is 1.47. The predicted molar refractivity (Wildman–Crippen MR) is 59.9 cm³/mol. The van der Waals surface area contributed by atoms with Gasteiger partial charge in [0.25, 0.3) is 0 Å². The highest BCUT2D eigenvalue weighted by Crippen LogP contribution is 2.33. The number of hydrogen-bond donors (Lipinski definition) is 2. The highest BCUT2D eigenvalue weighted by molar-refractivity contribution is 9.10. The van der Waals surface area contributed by atoms with Crippen LogP contribution in [0.5, 0.6) is 0 Å². The number of rotatable bonds is 2. The number of carbonyl (C=O) groups is 1. The molecule has 5 heteroatoms. The van der Waals surface area contributed by atoms with Gasteiger partial charge in [0, 0.05) is 4.47 Å². The topological polar surface area (TPSA) is 63.3 Å². The van der Waals surface area contributed by atoms with Gasteiger partial charge in [0.1, 0.15) is 0 Å². The summed E-state index contributed by atoms with van der Waals surface area (Å²) in [6.45, 7) is 1.92. The molecule has 1 rings (SSSR count). The van der Waals surface area contributed by atoms with Gasteiger partial charge >= 0.3 is 5.97 Å². The summed E-state index contributed by atoms with van der Waals surface area (Å²) < 4.78 is 0.677. The minimum Gasteiger partial charge on any atom is -0.478 e. The van der Waals surface area contributed by atoms with E-state index in [9.17, 15) is 4.79 Å². The summed E-state index contributed by atoms with van der Waals surface area (Å²) in [5.74, 6) is -1.08. The molecule has 0 spiro atoms. The molecule has 0 bridgehead atoms. The molecule has 0 radical (unpaired) electrons. The van der Waals surface area contributed by atoms with Crippen molar-refractivity contribution in [2.75, 3.05) is 5.73 Å². The highest BCUT2D eigenvalue weighted by atomic mass is 79.9. The van der Waals surface area contributed by atoms with E-state index in [1.807, 2.05) is 6.92 Å². The molecule has 76 valence electrons. The van der Waals surface area contributed by atoms with Crippen LogP contribution in [0.3, 0.4) is 0 Å². The molecule has 0 unspecified atom stereocenters. The first-order valence-corrected chi connectivity index (χ1v) is 5.15. The lowest BCUT2D eigenvalue weighted by atomic mass is 10.1. The zero-order valence-electron chi connectivity index (χ0n) is 7.47. The van der Waals surface area contributed by atoms with E-state index in [4.69, 9.17) is 22.4 Å². The smallest absolute Gasteiger partial charge is 0.337 e. The van der Waals surface area contributed by atoms with Crippen molar-refractivity contribution < 1.29 is 9.90 Å². The number of carboxylic acid groups (broad SMARTS) is 1. The van der Waals surface area contributed by atoms with Crippen LogP contribution in [0, 0.1) is 0 Å². The summed E-state index contributed by atoms with van der Waals surface area (Å²) >= 11 is 9.19. The first-order chi connectivity index (χ1) is 6.49. The van der Waals surface area contributed by atoms with Gasteiger partial charge in [-0.3, -0.25) is 0 Å². The zero-order valence-corrected chi connectivity index (χ0v) is 9.82. The Morgan fingerprint density at radius 1 is 1.71 bits per heavy atom. The monoisotopic (exact) mass is 277 g/mol. The first kappa shape index (κ1) is 11.3. The second kappa shape index (κ2) is 4.19. The Kier molecular flexibility index (Phi) is 3.39. The molecule has 1 aromatic carbocycles. The standard InChI is InChI=1S/C9H9BrClNO2/c1-2-4-6(10)3-5(9(13)14)8(12)7(4)11/h3H,2,12H2,1H3,(H,13,14). The minimum atomic E-state index is -1.08. The second-order valence-electron chi connectivity index (χ2n) is 2.77. The Morgan fingerprint density at radius 2 is 2.29 bits per heavy atom. The molecule has 0 atom stereocenters. The predicted octanol–water partition coefficient (Wildman–Crippen LogP) is 2.95. The Hall–Kier alpha value is -0.740. The quantitative estimate of drug-likeness (QED) is 0.818.